The molecule has 16 heavy (non-hydrogen) atoms. The quantitative estimate of drug-likeness (QED) is 0.379. The van der Waals surface area contributed by atoms with Gasteiger partial charge in [0, 0.05) is 0 Å². The molecule has 0 aromatic carbocycles. The summed E-state index contributed by atoms with van der Waals surface area (Å²) in [6.07, 6.45) is 0. The van der Waals surface area contributed by atoms with E-state index in [1.54, 1.807) is 0 Å². The molecule has 0 rings (SSSR count). The van der Waals surface area contributed by atoms with Crippen molar-refractivity contribution in [3.05, 3.63) is 0 Å². The van der Waals surface area contributed by atoms with Crippen LogP contribution in [0.3, 0.4) is 0 Å². The lowest BCUT2D eigenvalue weighted by Crippen LogP contribution is -2.27. The highest BCUT2D eigenvalue weighted by atomic mass is 16.0. The van der Waals surface area contributed by atoms with Crippen LogP contribution in [-0.4, -0.2) is 98.2 Å². The largest absolute Gasteiger partial charge is 0.412 e. The molecule has 0 radical (unpaired) electrons. The molecule has 0 saturated heterocycles. The highest BCUT2D eigenvalue weighted by Crippen LogP contribution is 1.74. The van der Waals surface area contributed by atoms with E-state index in [0.717, 1.165) is 8.97 Å². The molecule has 0 fully saturated rings. The lowest BCUT2D eigenvalue weighted by Gasteiger charge is -2.14. The van der Waals surface area contributed by atoms with Crippen molar-refractivity contribution in [2.75, 3.05) is 56.4 Å². The first kappa shape index (κ1) is 57.3. The van der Waals surface area contributed by atoms with Crippen LogP contribution in [0.2, 0.25) is 0 Å². The molecule has 0 bridgehead atoms. The Morgan fingerprint density at radius 2 is 0.312 bits per heavy atom. The summed E-state index contributed by atoms with van der Waals surface area (Å²) in [5.41, 5.74) is 0. The van der Waals surface area contributed by atoms with Gasteiger partial charge in [0.25, 0.3) is 0 Å². The van der Waals surface area contributed by atoms with Crippen molar-refractivity contribution in [3.8, 4) is 0 Å². The average Bonchev–Trinajstić information content (AvgIpc) is 1.12. The van der Waals surface area contributed by atoms with Crippen LogP contribution in [-0.2, 0) is 0 Å². The zero-order valence-electron chi connectivity index (χ0n) is 11.9. The monoisotopic (exact) mass is 256 g/mol. The molecule has 0 saturated carbocycles. The van der Waals surface area contributed by atoms with Crippen molar-refractivity contribution in [2.45, 2.75) is 0 Å². The third kappa shape index (κ3) is 21500. The standard InChI is InChI=1S/2C4H12N.6H2O/c2*1-5(2,3)4;;;;;;/h2*1-4H3;6*1H2/q2*+1;;;;;;. The number of hydrogen-bond acceptors (Lipinski definition) is 0. The van der Waals surface area contributed by atoms with Crippen molar-refractivity contribution < 1.29 is 41.8 Å². The second-order valence-electron chi connectivity index (χ2n) is 5.37. The third-order valence-corrected chi connectivity index (χ3v) is 0. The molecule has 0 aliphatic heterocycles. The van der Waals surface area contributed by atoms with E-state index in [4.69, 9.17) is 0 Å². The van der Waals surface area contributed by atoms with E-state index >= 15 is 0 Å². The predicted molar refractivity (Wildman–Crippen MR) is 69.6 cm³/mol. The van der Waals surface area contributed by atoms with E-state index in [1.165, 1.54) is 0 Å². The van der Waals surface area contributed by atoms with Gasteiger partial charge in [-0.15, -0.1) is 0 Å². The molecule has 0 unspecified atom stereocenters. The second-order valence-corrected chi connectivity index (χ2v) is 5.37. The minimum absolute atomic E-state index is 0. The molecule has 8 heteroatoms. The van der Waals surface area contributed by atoms with Crippen LogP contribution < -0.4 is 0 Å². The van der Waals surface area contributed by atoms with E-state index in [1.807, 2.05) is 0 Å². The lowest BCUT2D eigenvalue weighted by atomic mass is 10.8. The van der Waals surface area contributed by atoms with Gasteiger partial charge in [-0.3, -0.25) is 0 Å². The van der Waals surface area contributed by atoms with Crippen LogP contribution in [0.4, 0.5) is 0 Å². The van der Waals surface area contributed by atoms with Crippen molar-refractivity contribution in [1.82, 2.24) is 0 Å². The fourth-order valence-electron chi connectivity index (χ4n) is 0. The van der Waals surface area contributed by atoms with Crippen LogP contribution in [0, 0.1) is 0 Å². The van der Waals surface area contributed by atoms with Gasteiger partial charge in [-0.05, 0) is 0 Å². The number of nitrogens with zero attached hydrogens (tertiary/aromatic N) is 2. The molecule has 0 aliphatic carbocycles. The molecule has 0 aliphatic rings. The van der Waals surface area contributed by atoms with Crippen molar-refractivity contribution in [3.63, 3.8) is 0 Å². The molecule has 8 nitrogen and oxygen atoms in total. The predicted octanol–water partition coefficient (Wildman–Crippen LogP) is -4.30. The van der Waals surface area contributed by atoms with Crippen LogP contribution in [0.5, 0.6) is 0 Å². The smallest absolute Gasteiger partial charge is 0.0675 e. The molecule has 0 aromatic heterocycles. The SMILES string of the molecule is C[N+](C)(C)C.C[N+](C)(C)C.O.O.O.O.O.O. The minimum atomic E-state index is 0. The molecule has 0 atom stereocenters. The number of quaternary nitrogens is 2. The summed E-state index contributed by atoms with van der Waals surface area (Å²) in [4.78, 5) is 0. The third-order valence-electron chi connectivity index (χ3n) is 0. The van der Waals surface area contributed by atoms with E-state index in [-0.39, 0.29) is 32.9 Å². The summed E-state index contributed by atoms with van der Waals surface area (Å²) in [7, 11) is 17.0. The number of hydrogen-bond donors (Lipinski definition) is 0. The van der Waals surface area contributed by atoms with Gasteiger partial charge in [0.15, 0.2) is 0 Å². The Kier molecular flexibility index (Phi) is 72.1. The minimum Gasteiger partial charge on any atom is -0.412 e. The molecule has 0 spiro atoms. The Morgan fingerprint density at radius 3 is 0.312 bits per heavy atom. The number of rotatable bonds is 0. The Balaban J connectivity index is -0.00000000970. The first-order valence-corrected chi connectivity index (χ1v) is 3.58. The summed E-state index contributed by atoms with van der Waals surface area (Å²) < 4.78 is 2.00. The summed E-state index contributed by atoms with van der Waals surface area (Å²) in [6.45, 7) is 0. The van der Waals surface area contributed by atoms with Crippen LogP contribution in [0.25, 0.3) is 0 Å². The highest BCUT2D eigenvalue weighted by molar-refractivity contribution is 3.87. The van der Waals surface area contributed by atoms with Crippen molar-refractivity contribution >= 4 is 0 Å². The maximum atomic E-state index is 2.12. The average molecular weight is 256 g/mol. The van der Waals surface area contributed by atoms with E-state index in [9.17, 15) is 0 Å². The zero-order valence-corrected chi connectivity index (χ0v) is 11.9. The molecule has 0 aromatic rings. The molecule has 112 valence electrons. The van der Waals surface area contributed by atoms with Gasteiger partial charge in [-0.25, -0.2) is 0 Å². The van der Waals surface area contributed by atoms with Gasteiger partial charge in [-0.2, -0.15) is 0 Å². The van der Waals surface area contributed by atoms with Gasteiger partial charge >= 0.3 is 0 Å². The molecule has 0 amide bonds. The van der Waals surface area contributed by atoms with Crippen molar-refractivity contribution in [2.24, 2.45) is 0 Å². The van der Waals surface area contributed by atoms with Gasteiger partial charge in [0.05, 0.1) is 56.4 Å². The second kappa shape index (κ2) is 20.1. The molecular weight excluding hydrogens is 220 g/mol. The maximum absolute atomic E-state index is 2.12. The fraction of sp³-hybridized carbons (Fsp3) is 1.00. The van der Waals surface area contributed by atoms with Crippen LogP contribution in [0.15, 0.2) is 0 Å². The van der Waals surface area contributed by atoms with Gasteiger partial charge in [-0.1, -0.05) is 0 Å². The lowest BCUT2D eigenvalue weighted by molar-refractivity contribution is -0.849. The maximum Gasteiger partial charge on any atom is 0.0675 e. The van der Waals surface area contributed by atoms with E-state index in [0.29, 0.717) is 0 Å². The molecule has 0 heterocycles. The Labute approximate surface area is 99.1 Å². The van der Waals surface area contributed by atoms with Gasteiger partial charge in [0.2, 0.25) is 0 Å². The Bertz CT molecular complexity index is 65.5. The molecule has 12 N–H and O–H groups in total. The van der Waals surface area contributed by atoms with Crippen molar-refractivity contribution in [1.29, 1.82) is 0 Å². The fourth-order valence-corrected chi connectivity index (χ4v) is 0. The van der Waals surface area contributed by atoms with E-state index in [2.05, 4.69) is 56.4 Å². The van der Waals surface area contributed by atoms with Crippen LogP contribution in [0.1, 0.15) is 0 Å². The Hall–Kier alpha value is -0.320. The summed E-state index contributed by atoms with van der Waals surface area (Å²) in [6, 6.07) is 0. The first-order chi connectivity index (χ1) is 4.00. The van der Waals surface area contributed by atoms with E-state index < -0.39 is 0 Å². The summed E-state index contributed by atoms with van der Waals surface area (Å²) in [5, 5.41) is 0. The Morgan fingerprint density at radius 1 is 0.312 bits per heavy atom. The summed E-state index contributed by atoms with van der Waals surface area (Å²) in [5.74, 6) is 0. The summed E-state index contributed by atoms with van der Waals surface area (Å²) >= 11 is 0. The zero-order chi connectivity index (χ0) is 9.00. The topological polar surface area (TPSA) is 189 Å². The highest BCUT2D eigenvalue weighted by Gasteiger charge is 1.88. The van der Waals surface area contributed by atoms with Gasteiger partial charge < -0.3 is 41.8 Å². The van der Waals surface area contributed by atoms with Gasteiger partial charge in [0.1, 0.15) is 0 Å². The molecular formula is C8H36N2O6+2. The van der Waals surface area contributed by atoms with Crippen LogP contribution >= 0.6 is 0 Å². The first-order valence-electron chi connectivity index (χ1n) is 3.58. The normalized spacial score (nSPS) is 7.50.